The molecule has 3 aromatic heterocycles. The van der Waals surface area contributed by atoms with Crippen LogP contribution in [0.15, 0.2) is 23.4 Å². The van der Waals surface area contributed by atoms with Gasteiger partial charge in [-0.25, -0.2) is 19.5 Å². The number of halogens is 1. The maximum Gasteiger partial charge on any atom is 0.276 e. The molecule has 2 aliphatic heterocycles. The van der Waals surface area contributed by atoms with Crippen LogP contribution in [0.2, 0.25) is 5.02 Å². The maximum absolute atomic E-state index is 12.7. The van der Waals surface area contributed by atoms with E-state index >= 15 is 0 Å². The zero-order chi connectivity index (χ0) is 20.7. The van der Waals surface area contributed by atoms with Crippen LogP contribution in [0, 0.1) is 5.92 Å². The van der Waals surface area contributed by atoms with Gasteiger partial charge in [0.1, 0.15) is 17.5 Å². The van der Waals surface area contributed by atoms with Gasteiger partial charge in [-0.1, -0.05) is 18.5 Å². The molecule has 2 fully saturated rings. The predicted octanol–water partition coefficient (Wildman–Crippen LogP) is 1.99. The number of ether oxygens (including phenoxy) is 1. The SMILES string of the molecule is CC1CN(Cc2ncc(Cl)cn2)CC1c1nn2c(C3CCOCC3)ncc2c(=O)[nH]1. The Balaban J connectivity index is 1.41. The van der Waals surface area contributed by atoms with Crippen molar-refractivity contribution in [3.05, 3.63) is 51.4 Å². The summed E-state index contributed by atoms with van der Waals surface area (Å²) in [5, 5.41) is 5.37. The topological polar surface area (TPSA) is 101 Å². The fourth-order valence-electron chi connectivity index (χ4n) is 4.51. The lowest BCUT2D eigenvalue weighted by Gasteiger charge is -2.21. The molecular formula is C20H24ClN7O2. The van der Waals surface area contributed by atoms with Crippen LogP contribution >= 0.6 is 11.6 Å². The van der Waals surface area contributed by atoms with Crippen LogP contribution in [0.1, 0.15) is 49.1 Å². The number of nitrogens with one attached hydrogen (secondary N) is 1. The van der Waals surface area contributed by atoms with E-state index in [1.807, 2.05) is 0 Å². The molecular weight excluding hydrogens is 406 g/mol. The number of nitrogens with zero attached hydrogens (tertiary/aromatic N) is 6. The summed E-state index contributed by atoms with van der Waals surface area (Å²) in [6, 6.07) is 0. The van der Waals surface area contributed by atoms with Gasteiger partial charge in [0.15, 0.2) is 5.52 Å². The van der Waals surface area contributed by atoms with E-state index < -0.39 is 0 Å². The molecule has 5 rings (SSSR count). The Bertz CT molecular complexity index is 1090. The van der Waals surface area contributed by atoms with Gasteiger partial charge in [-0.2, -0.15) is 5.10 Å². The molecule has 0 radical (unpaired) electrons. The van der Waals surface area contributed by atoms with Gasteiger partial charge >= 0.3 is 0 Å². The van der Waals surface area contributed by atoms with Crippen molar-refractivity contribution in [1.29, 1.82) is 0 Å². The van der Waals surface area contributed by atoms with E-state index in [0.717, 1.165) is 50.8 Å². The second kappa shape index (κ2) is 8.05. The number of aromatic amines is 1. The molecule has 2 saturated heterocycles. The molecule has 2 atom stereocenters. The molecule has 0 saturated carbocycles. The molecule has 2 aliphatic rings. The minimum atomic E-state index is -0.141. The van der Waals surface area contributed by atoms with Gasteiger partial charge in [-0.05, 0) is 18.8 Å². The second-order valence-electron chi connectivity index (χ2n) is 8.23. The van der Waals surface area contributed by atoms with Gasteiger partial charge in [0.2, 0.25) is 0 Å². The van der Waals surface area contributed by atoms with E-state index in [1.165, 1.54) is 0 Å². The number of hydrogen-bond donors (Lipinski definition) is 1. The first-order valence-electron chi connectivity index (χ1n) is 10.3. The number of fused-ring (bicyclic) bond motifs is 1. The van der Waals surface area contributed by atoms with Crippen molar-refractivity contribution in [2.24, 2.45) is 5.92 Å². The molecule has 30 heavy (non-hydrogen) atoms. The molecule has 9 nitrogen and oxygen atoms in total. The number of aromatic nitrogens is 6. The first-order valence-corrected chi connectivity index (χ1v) is 10.7. The molecule has 0 bridgehead atoms. The van der Waals surface area contributed by atoms with Gasteiger partial charge < -0.3 is 9.72 Å². The molecule has 0 aliphatic carbocycles. The zero-order valence-electron chi connectivity index (χ0n) is 16.8. The lowest BCUT2D eigenvalue weighted by molar-refractivity contribution is 0.0832. The van der Waals surface area contributed by atoms with E-state index in [1.54, 1.807) is 23.1 Å². The Labute approximate surface area is 178 Å². The Morgan fingerprint density at radius 2 is 1.93 bits per heavy atom. The van der Waals surface area contributed by atoms with E-state index in [4.69, 9.17) is 21.4 Å². The average Bonchev–Trinajstić information content (AvgIpc) is 3.34. The quantitative estimate of drug-likeness (QED) is 0.676. The van der Waals surface area contributed by atoms with Crippen LogP contribution in [-0.4, -0.2) is 60.8 Å². The van der Waals surface area contributed by atoms with Crippen LogP contribution in [-0.2, 0) is 11.3 Å². The molecule has 5 heterocycles. The third-order valence-corrected chi connectivity index (χ3v) is 6.31. The van der Waals surface area contributed by atoms with Crippen molar-refractivity contribution < 1.29 is 4.74 Å². The number of hydrogen-bond acceptors (Lipinski definition) is 7. The summed E-state index contributed by atoms with van der Waals surface area (Å²) in [5.41, 5.74) is 0.356. The molecule has 0 aromatic carbocycles. The Morgan fingerprint density at radius 1 is 1.17 bits per heavy atom. The highest BCUT2D eigenvalue weighted by molar-refractivity contribution is 6.30. The lowest BCUT2D eigenvalue weighted by Crippen LogP contribution is -2.24. The van der Waals surface area contributed by atoms with Gasteiger partial charge in [0, 0.05) is 50.5 Å². The van der Waals surface area contributed by atoms with Gasteiger partial charge in [0.05, 0.1) is 17.8 Å². The fourth-order valence-corrected chi connectivity index (χ4v) is 4.60. The number of rotatable bonds is 4. The summed E-state index contributed by atoms with van der Waals surface area (Å²) in [4.78, 5) is 31.1. The van der Waals surface area contributed by atoms with Crippen LogP contribution in [0.4, 0.5) is 0 Å². The molecule has 158 valence electrons. The highest BCUT2D eigenvalue weighted by Crippen LogP contribution is 2.31. The van der Waals surface area contributed by atoms with Gasteiger partial charge in [-0.15, -0.1) is 0 Å². The van der Waals surface area contributed by atoms with E-state index in [0.29, 0.717) is 28.8 Å². The van der Waals surface area contributed by atoms with Crippen LogP contribution in [0.3, 0.4) is 0 Å². The number of H-pyrrole nitrogens is 1. The molecule has 0 spiro atoms. The molecule has 0 amide bonds. The van der Waals surface area contributed by atoms with Crippen molar-refractivity contribution in [1.82, 2.24) is 34.4 Å². The van der Waals surface area contributed by atoms with Crippen LogP contribution in [0.25, 0.3) is 5.52 Å². The van der Waals surface area contributed by atoms with Crippen molar-refractivity contribution in [2.45, 2.75) is 38.1 Å². The fraction of sp³-hybridized carbons (Fsp3) is 0.550. The highest BCUT2D eigenvalue weighted by atomic mass is 35.5. The Hall–Kier alpha value is -2.36. The molecule has 3 aromatic rings. The summed E-state index contributed by atoms with van der Waals surface area (Å²) in [6.07, 6.45) is 6.66. The first kappa shape index (κ1) is 19.6. The summed E-state index contributed by atoms with van der Waals surface area (Å²) < 4.78 is 7.22. The van der Waals surface area contributed by atoms with E-state index in [2.05, 4.69) is 31.8 Å². The zero-order valence-corrected chi connectivity index (χ0v) is 17.5. The summed E-state index contributed by atoms with van der Waals surface area (Å²) in [5.74, 6) is 3.04. The predicted molar refractivity (Wildman–Crippen MR) is 111 cm³/mol. The third kappa shape index (κ3) is 3.73. The largest absolute Gasteiger partial charge is 0.381 e. The maximum atomic E-state index is 12.7. The molecule has 10 heteroatoms. The van der Waals surface area contributed by atoms with Crippen LogP contribution in [0.5, 0.6) is 0 Å². The minimum Gasteiger partial charge on any atom is -0.381 e. The third-order valence-electron chi connectivity index (χ3n) is 6.11. The standard InChI is InChI=1S/C20H24ClN7O2/c1-12-9-27(11-17-22-6-14(21)7-23-17)10-15(12)18-25-20(29)16-8-24-19(28(16)26-18)13-2-4-30-5-3-13/h6-8,12-13,15H,2-5,9-11H2,1H3,(H,25,26,29). The Kier molecular flexibility index (Phi) is 5.26. The molecule has 2 unspecified atom stereocenters. The second-order valence-corrected chi connectivity index (χ2v) is 8.67. The summed E-state index contributed by atoms with van der Waals surface area (Å²) >= 11 is 5.88. The van der Waals surface area contributed by atoms with E-state index in [-0.39, 0.29) is 17.4 Å². The first-order chi connectivity index (χ1) is 14.6. The van der Waals surface area contributed by atoms with E-state index in [9.17, 15) is 4.79 Å². The number of imidazole rings is 1. The highest BCUT2D eigenvalue weighted by Gasteiger charge is 2.34. The Morgan fingerprint density at radius 3 is 2.70 bits per heavy atom. The van der Waals surface area contributed by atoms with Crippen molar-refractivity contribution >= 4 is 17.1 Å². The summed E-state index contributed by atoms with van der Waals surface area (Å²) in [7, 11) is 0. The number of likely N-dealkylation sites (tertiary alicyclic amines) is 1. The van der Waals surface area contributed by atoms with Gasteiger partial charge in [-0.3, -0.25) is 9.69 Å². The van der Waals surface area contributed by atoms with Crippen LogP contribution < -0.4 is 5.56 Å². The normalized spacial score (nSPS) is 23.4. The summed E-state index contributed by atoms with van der Waals surface area (Å²) in [6.45, 7) is 5.93. The van der Waals surface area contributed by atoms with Crippen molar-refractivity contribution in [3.8, 4) is 0 Å². The van der Waals surface area contributed by atoms with Crippen molar-refractivity contribution in [2.75, 3.05) is 26.3 Å². The smallest absolute Gasteiger partial charge is 0.276 e. The monoisotopic (exact) mass is 429 g/mol. The van der Waals surface area contributed by atoms with Gasteiger partial charge in [0.25, 0.3) is 5.56 Å². The minimum absolute atomic E-state index is 0.124. The average molecular weight is 430 g/mol. The molecule has 1 N–H and O–H groups in total. The van der Waals surface area contributed by atoms with Crippen molar-refractivity contribution in [3.63, 3.8) is 0 Å². The lowest BCUT2D eigenvalue weighted by atomic mass is 9.97.